The fourth-order valence-electron chi connectivity index (χ4n) is 2.43. The van der Waals surface area contributed by atoms with Gasteiger partial charge in [0.15, 0.2) is 5.76 Å². The number of carbonyl (C=O) groups is 1. The summed E-state index contributed by atoms with van der Waals surface area (Å²) >= 11 is 0. The van der Waals surface area contributed by atoms with Crippen molar-refractivity contribution >= 4 is 16.9 Å². The lowest BCUT2D eigenvalue weighted by Gasteiger charge is -2.35. The summed E-state index contributed by atoms with van der Waals surface area (Å²) in [5, 5.41) is 10.3. The fourth-order valence-corrected chi connectivity index (χ4v) is 2.43. The third-order valence-corrected chi connectivity index (χ3v) is 3.60. The molecule has 1 aliphatic heterocycles. The Balaban J connectivity index is 1.95. The van der Waals surface area contributed by atoms with Crippen molar-refractivity contribution in [3.05, 3.63) is 35.6 Å². The fraction of sp³-hybridized carbons (Fsp3) is 0.438. The molecule has 0 radical (unpaired) electrons. The molecular weight excluding hydrogens is 270 g/mol. The number of likely N-dealkylation sites (tertiary alicyclic amines) is 1. The molecule has 1 aromatic heterocycles. The van der Waals surface area contributed by atoms with Crippen LogP contribution in [0.25, 0.3) is 11.0 Å². The SMILES string of the molecule is CC(C)OCc1c(C(=O)N2CC(O)C2)oc2ccccc12. The summed E-state index contributed by atoms with van der Waals surface area (Å²) in [6, 6.07) is 7.56. The van der Waals surface area contributed by atoms with Gasteiger partial charge in [0.2, 0.25) is 0 Å². The molecule has 3 rings (SSSR count). The van der Waals surface area contributed by atoms with E-state index in [9.17, 15) is 9.90 Å². The minimum Gasteiger partial charge on any atom is -0.451 e. The van der Waals surface area contributed by atoms with E-state index in [0.717, 1.165) is 10.9 Å². The summed E-state index contributed by atoms with van der Waals surface area (Å²) in [4.78, 5) is 14.1. The minimum atomic E-state index is -0.423. The van der Waals surface area contributed by atoms with E-state index in [1.165, 1.54) is 0 Å². The highest BCUT2D eigenvalue weighted by Gasteiger charge is 2.33. The topological polar surface area (TPSA) is 62.9 Å². The van der Waals surface area contributed by atoms with Crippen molar-refractivity contribution in [3.63, 3.8) is 0 Å². The van der Waals surface area contributed by atoms with Crippen LogP contribution in [0.1, 0.15) is 30.0 Å². The Morgan fingerprint density at radius 2 is 2.14 bits per heavy atom. The first-order chi connectivity index (χ1) is 10.1. The Kier molecular flexibility index (Phi) is 3.69. The van der Waals surface area contributed by atoms with Gasteiger partial charge in [-0.25, -0.2) is 0 Å². The smallest absolute Gasteiger partial charge is 0.290 e. The highest BCUT2D eigenvalue weighted by molar-refractivity contribution is 5.99. The Morgan fingerprint density at radius 3 is 2.81 bits per heavy atom. The maximum atomic E-state index is 12.5. The van der Waals surface area contributed by atoms with Crippen LogP contribution in [0.3, 0.4) is 0 Å². The lowest BCUT2D eigenvalue weighted by molar-refractivity contribution is 0.00347. The van der Waals surface area contributed by atoms with Gasteiger partial charge in [0.25, 0.3) is 5.91 Å². The van der Waals surface area contributed by atoms with Crippen LogP contribution in [-0.2, 0) is 11.3 Å². The predicted octanol–water partition coefficient (Wildman–Crippen LogP) is 2.17. The van der Waals surface area contributed by atoms with E-state index in [1.54, 1.807) is 4.90 Å². The molecule has 0 atom stereocenters. The molecule has 0 aliphatic carbocycles. The van der Waals surface area contributed by atoms with Crippen LogP contribution in [0.2, 0.25) is 0 Å². The third-order valence-electron chi connectivity index (χ3n) is 3.60. The first-order valence-corrected chi connectivity index (χ1v) is 7.15. The van der Waals surface area contributed by atoms with Gasteiger partial charge in [-0.3, -0.25) is 4.79 Å². The summed E-state index contributed by atoms with van der Waals surface area (Å²) in [6.45, 7) is 4.97. The third kappa shape index (κ3) is 2.66. The number of fused-ring (bicyclic) bond motifs is 1. The average Bonchev–Trinajstić information content (AvgIpc) is 2.79. The predicted molar refractivity (Wildman–Crippen MR) is 78.0 cm³/mol. The van der Waals surface area contributed by atoms with Gasteiger partial charge < -0.3 is 19.2 Å². The van der Waals surface area contributed by atoms with Crippen molar-refractivity contribution in [1.29, 1.82) is 0 Å². The van der Waals surface area contributed by atoms with Gasteiger partial charge in [-0.1, -0.05) is 18.2 Å². The normalized spacial score (nSPS) is 15.7. The van der Waals surface area contributed by atoms with Crippen LogP contribution in [0.5, 0.6) is 0 Å². The van der Waals surface area contributed by atoms with E-state index in [4.69, 9.17) is 9.15 Å². The number of aliphatic hydroxyl groups excluding tert-OH is 1. The molecule has 0 saturated carbocycles. The van der Waals surface area contributed by atoms with Crippen molar-refractivity contribution in [2.24, 2.45) is 0 Å². The lowest BCUT2D eigenvalue weighted by atomic mass is 10.1. The number of nitrogens with zero attached hydrogens (tertiary/aromatic N) is 1. The molecule has 1 aliphatic rings. The van der Waals surface area contributed by atoms with E-state index in [1.807, 2.05) is 38.1 Å². The number of hydrogen-bond acceptors (Lipinski definition) is 4. The Bertz CT molecular complexity index is 655. The average molecular weight is 289 g/mol. The lowest BCUT2D eigenvalue weighted by Crippen LogP contribution is -2.53. The van der Waals surface area contributed by atoms with Gasteiger partial charge in [0.05, 0.1) is 18.8 Å². The van der Waals surface area contributed by atoms with E-state index in [0.29, 0.717) is 31.0 Å². The first-order valence-electron chi connectivity index (χ1n) is 7.15. The number of rotatable bonds is 4. The summed E-state index contributed by atoms with van der Waals surface area (Å²) in [5.74, 6) is 0.141. The van der Waals surface area contributed by atoms with Crippen LogP contribution in [-0.4, -0.2) is 41.2 Å². The van der Waals surface area contributed by atoms with E-state index >= 15 is 0 Å². The van der Waals surface area contributed by atoms with E-state index in [2.05, 4.69) is 0 Å². The zero-order valence-corrected chi connectivity index (χ0v) is 12.2. The number of hydrogen-bond donors (Lipinski definition) is 1. The number of para-hydroxylation sites is 1. The van der Waals surface area contributed by atoms with Crippen molar-refractivity contribution in [3.8, 4) is 0 Å². The minimum absolute atomic E-state index is 0.0763. The Morgan fingerprint density at radius 1 is 1.43 bits per heavy atom. The molecule has 1 saturated heterocycles. The highest BCUT2D eigenvalue weighted by Crippen LogP contribution is 2.29. The van der Waals surface area contributed by atoms with E-state index < -0.39 is 6.10 Å². The maximum absolute atomic E-state index is 12.5. The molecule has 1 fully saturated rings. The molecule has 0 bridgehead atoms. The van der Waals surface area contributed by atoms with Crippen molar-refractivity contribution in [1.82, 2.24) is 4.90 Å². The zero-order valence-electron chi connectivity index (χ0n) is 12.2. The van der Waals surface area contributed by atoms with Crippen LogP contribution >= 0.6 is 0 Å². The quantitative estimate of drug-likeness (QED) is 0.937. The summed E-state index contributed by atoms with van der Waals surface area (Å²) < 4.78 is 11.4. The molecule has 1 N–H and O–H groups in total. The molecule has 5 nitrogen and oxygen atoms in total. The largest absolute Gasteiger partial charge is 0.451 e. The maximum Gasteiger partial charge on any atom is 0.290 e. The second-order valence-electron chi connectivity index (χ2n) is 5.63. The summed E-state index contributed by atoms with van der Waals surface area (Å²) in [6.07, 6.45) is -0.346. The van der Waals surface area contributed by atoms with Gasteiger partial charge in [-0.15, -0.1) is 0 Å². The van der Waals surface area contributed by atoms with Crippen molar-refractivity contribution in [2.75, 3.05) is 13.1 Å². The zero-order chi connectivity index (χ0) is 15.0. The monoisotopic (exact) mass is 289 g/mol. The van der Waals surface area contributed by atoms with Crippen LogP contribution < -0.4 is 0 Å². The van der Waals surface area contributed by atoms with Gasteiger partial charge >= 0.3 is 0 Å². The number of furan rings is 1. The van der Waals surface area contributed by atoms with Gasteiger partial charge in [0, 0.05) is 24.0 Å². The highest BCUT2D eigenvalue weighted by atomic mass is 16.5. The standard InChI is InChI=1S/C16H19NO4/c1-10(2)20-9-13-12-5-3-4-6-14(12)21-15(13)16(19)17-7-11(18)8-17/h3-6,10-11,18H,7-9H2,1-2H3. The molecule has 2 heterocycles. The van der Waals surface area contributed by atoms with Crippen LogP contribution in [0, 0.1) is 0 Å². The molecule has 5 heteroatoms. The Labute approximate surface area is 123 Å². The van der Waals surface area contributed by atoms with Crippen molar-refractivity contribution < 1.29 is 19.1 Å². The molecular formula is C16H19NO4. The molecule has 1 aromatic carbocycles. The number of ether oxygens (including phenoxy) is 1. The number of amides is 1. The van der Waals surface area contributed by atoms with Gasteiger partial charge in [-0.2, -0.15) is 0 Å². The van der Waals surface area contributed by atoms with Gasteiger partial charge in [-0.05, 0) is 19.9 Å². The molecule has 21 heavy (non-hydrogen) atoms. The first kappa shape index (κ1) is 14.1. The Hall–Kier alpha value is -1.85. The number of benzene rings is 1. The molecule has 1 amide bonds. The van der Waals surface area contributed by atoms with Crippen LogP contribution in [0.4, 0.5) is 0 Å². The number of carbonyl (C=O) groups excluding carboxylic acids is 1. The van der Waals surface area contributed by atoms with Crippen molar-refractivity contribution in [2.45, 2.75) is 32.7 Å². The number of β-amino-alcohol motifs (C(OH)–C–C–N with tert-alkyl or cyclic N) is 1. The summed E-state index contributed by atoms with van der Waals surface area (Å²) in [5.41, 5.74) is 1.47. The second kappa shape index (κ2) is 5.50. The molecule has 2 aromatic rings. The van der Waals surface area contributed by atoms with Gasteiger partial charge in [0.1, 0.15) is 5.58 Å². The summed E-state index contributed by atoms with van der Waals surface area (Å²) in [7, 11) is 0. The molecule has 0 spiro atoms. The molecule has 0 unspecified atom stereocenters. The van der Waals surface area contributed by atoms with E-state index in [-0.39, 0.29) is 12.0 Å². The number of aliphatic hydroxyl groups is 1. The molecule has 112 valence electrons. The second-order valence-corrected chi connectivity index (χ2v) is 5.63. The van der Waals surface area contributed by atoms with Crippen LogP contribution in [0.15, 0.2) is 28.7 Å².